The van der Waals surface area contributed by atoms with Gasteiger partial charge in [0.25, 0.3) is 5.91 Å². The zero-order valence-corrected chi connectivity index (χ0v) is 13.0. The molecule has 0 bridgehead atoms. The van der Waals surface area contributed by atoms with Crippen molar-refractivity contribution in [2.75, 3.05) is 5.32 Å². The number of fused-ring (bicyclic) bond motifs is 1. The molecule has 0 fully saturated rings. The molecular weight excluding hydrogens is 288 g/mol. The van der Waals surface area contributed by atoms with Crippen molar-refractivity contribution >= 4 is 38.9 Å². The van der Waals surface area contributed by atoms with E-state index in [0.29, 0.717) is 17.0 Å². The van der Waals surface area contributed by atoms with Crippen LogP contribution < -0.4 is 10.8 Å². The molecule has 112 valence electrons. The lowest BCUT2D eigenvalue weighted by atomic mass is 9.92. The highest BCUT2D eigenvalue weighted by atomic mass is 32.1. The molecule has 0 atom stereocenters. The van der Waals surface area contributed by atoms with Gasteiger partial charge < -0.3 is 5.32 Å². The minimum Gasteiger partial charge on any atom is -0.326 e. The Bertz CT molecular complexity index is 686. The summed E-state index contributed by atoms with van der Waals surface area (Å²) < 4.78 is 0.919. The number of hydroxylamine groups is 1. The first kappa shape index (κ1) is 15.5. The van der Waals surface area contributed by atoms with E-state index >= 15 is 0 Å². The van der Waals surface area contributed by atoms with Crippen LogP contribution in [0.2, 0.25) is 0 Å². The van der Waals surface area contributed by atoms with Gasteiger partial charge in [-0.1, -0.05) is 20.8 Å². The summed E-state index contributed by atoms with van der Waals surface area (Å²) in [4.78, 5) is 23.7. The van der Waals surface area contributed by atoms with Crippen LogP contribution in [0.4, 0.5) is 5.69 Å². The number of nitrogens with one attached hydrogen (secondary N) is 2. The quantitative estimate of drug-likeness (QED) is 0.601. The van der Waals surface area contributed by atoms with Gasteiger partial charge in [-0.15, -0.1) is 11.3 Å². The van der Waals surface area contributed by atoms with Gasteiger partial charge in [0, 0.05) is 16.8 Å². The van der Waals surface area contributed by atoms with Gasteiger partial charge in [0.15, 0.2) is 0 Å². The predicted octanol–water partition coefficient (Wildman–Crippen LogP) is 3.40. The molecule has 0 radical (unpaired) electrons. The van der Waals surface area contributed by atoms with E-state index in [9.17, 15) is 9.59 Å². The summed E-state index contributed by atoms with van der Waals surface area (Å²) in [5.41, 5.74) is 2.25. The van der Waals surface area contributed by atoms with Crippen LogP contribution in [0.3, 0.4) is 0 Å². The van der Waals surface area contributed by atoms with Crippen LogP contribution >= 0.6 is 11.3 Å². The standard InChI is InChI=1S/C15H18N2O3S/c1-15(2,3)8-13(18)16-10-4-5-11-9(6-10)7-12(21-11)14(19)17-20/h4-7,20H,8H2,1-3H3,(H,16,18)(H,17,19). The summed E-state index contributed by atoms with van der Waals surface area (Å²) in [6.07, 6.45) is 0.437. The lowest BCUT2D eigenvalue weighted by Gasteiger charge is -2.17. The van der Waals surface area contributed by atoms with Gasteiger partial charge in [-0.05, 0) is 35.1 Å². The van der Waals surface area contributed by atoms with E-state index in [-0.39, 0.29) is 11.3 Å². The molecule has 6 heteroatoms. The Labute approximate surface area is 126 Å². The van der Waals surface area contributed by atoms with E-state index in [2.05, 4.69) is 5.32 Å². The van der Waals surface area contributed by atoms with Crippen molar-refractivity contribution < 1.29 is 14.8 Å². The molecule has 0 saturated heterocycles. The highest BCUT2D eigenvalue weighted by molar-refractivity contribution is 7.20. The van der Waals surface area contributed by atoms with Gasteiger partial charge in [0.2, 0.25) is 5.91 Å². The van der Waals surface area contributed by atoms with Gasteiger partial charge in [-0.25, -0.2) is 5.48 Å². The molecule has 2 aromatic rings. The minimum absolute atomic E-state index is 0.0367. The average Bonchev–Trinajstić information content (AvgIpc) is 2.78. The fraction of sp³-hybridized carbons (Fsp3) is 0.333. The fourth-order valence-corrected chi connectivity index (χ4v) is 2.91. The molecule has 0 aliphatic carbocycles. The second-order valence-corrected chi connectivity index (χ2v) is 7.17. The van der Waals surface area contributed by atoms with Crippen LogP contribution in [0.5, 0.6) is 0 Å². The van der Waals surface area contributed by atoms with E-state index in [4.69, 9.17) is 5.21 Å². The van der Waals surface area contributed by atoms with E-state index in [1.54, 1.807) is 17.6 Å². The number of carbonyl (C=O) groups excluding carboxylic acids is 2. The van der Waals surface area contributed by atoms with E-state index < -0.39 is 5.91 Å². The van der Waals surface area contributed by atoms with E-state index in [1.165, 1.54) is 11.3 Å². The molecule has 0 aliphatic rings. The summed E-state index contributed by atoms with van der Waals surface area (Å²) >= 11 is 1.28. The summed E-state index contributed by atoms with van der Waals surface area (Å²) in [5, 5.41) is 12.4. The molecule has 2 amide bonds. The number of carbonyl (C=O) groups is 2. The molecule has 2 rings (SSSR count). The summed E-state index contributed by atoms with van der Waals surface area (Å²) in [7, 11) is 0. The topological polar surface area (TPSA) is 78.4 Å². The average molecular weight is 306 g/mol. The largest absolute Gasteiger partial charge is 0.326 e. The number of hydrogen-bond donors (Lipinski definition) is 3. The van der Waals surface area contributed by atoms with Crippen molar-refractivity contribution in [2.45, 2.75) is 27.2 Å². The number of rotatable bonds is 3. The second-order valence-electron chi connectivity index (χ2n) is 6.09. The van der Waals surface area contributed by atoms with Crippen LogP contribution in [0, 0.1) is 5.41 Å². The Kier molecular flexibility index (Phi) is 4.29. The van der Waals surface area contributed by atoms with Crippen LogP contribution in [-0.2, 0) is 4.79 Å². The number of benzene rings is 1. The van der Waals surface area contributed by atoms with Crippen LogP contribution in [-0.4, -0.2) is 17.0 Å². The summed E-state index contributed by atoms with van der Waals surface area (Å²) in [5.74, 6) is -0.570. The first-order chi connectivity index (χ1) is 9.78. The lowest BCUT2D eigenvalue weighted by molar-refractivity contribution is -0.117. The minimum atomic E-state index is -0.533. The molecule has 21 heavy (non-hydrogen) atoms. The SMILES string of the molecule is CC(C)(C)CC(=O)Nc1ccc2sc(C(=O)NO)cc2c1. The Morgan fingerprint density at radius 3 is 2.57 bits per heavy atom. The lowest BCUT2D eigenvalue weighted by Crippen LogP contribution is -2.19. The molecule has 0 saturated carbocycles. The Morgan fingerprint density at radius 2 is 1.95 bits per heavy atom. The molecule has 1 aromatic heterocycles. The predicted molar refractivity (Wildman–Crippen MR) is 83.8 cm³/mol. The Balaban J connectivity index is 2.19. The third kappa shape index (κ3) is 4.03. The van der Waals surface area contributed by atoms with Crippen molar-refractivity contribution in [3.05, 3.63) is 29.1 Å². The fourth-order valence-electron chi connectivity index (χ4n) is 1.97. The van der Waals surface area contributed by atoms with Gasteiger partial charge >= 0.3 is 0 Å². The first-order valence-electron chi connectivity index (χ1n) is 6.56. The normalized spacial score (nSPS) is 11.4. The van der Waals surface area contributed by atoms with Gasteiger partial charge in [0.05, 0.1) is 4.88 Å². The number of thiophene rings is 1. The third-order valence-electron chi connectivity index (χ3n) is 2.82. The Hall–Kier alpha value is -1.92. The van der Waals surface area contributed by atoms with Gasteiger partial charge in [-0.2, -0.15) is 0 Å². The molecule has 5 nitrogen and oxygen atoms in total. The van der Waals surface area contributed by atoms with Crippen molar-refractivity contribution in [2.24, 2.45) is 5.41 Å². The van der Waals surface area contributed by atoms with Crippen molar-refractivity contribution in [3.63, 3.8) is 0 Å². The van der Waals surface area contributed by atoms with Crippen molar-refractivity contribution in [1.82, 2.24) is 5.48 Å². The zero-order chi connectivity index (χ0) is 15.6. The highest BCUT2D eigenvalue weighted by Crippen LogP contribution is 2.28. The maximum Gasteiger partial charge on any atom is 0.284 e. The van der Waals surface area contributed by atoms with Crippen molar-refractivity contribution in [3.8, 4) is 0 Å². The molecule has 1 aromatic carbocycles. The third-order valence-corrected chi connectivity index (χ3v) is 3.93. The smallest absolute Gasteiger partial charge is 0.284 e. The molecule has 0 spiro atoms. The molecule has 0 unspecified atom stereocenters. The second kappa shape index (κ2) is 5.83. The number of anilines is 1. The maximum absolute atomic E-state index is 11.9. The zero-order valence-electron chi connectivity index (χ0n) is 12.2. The van der Waals surface area contributed by atoms with Gasteiger partial charge in [0.1, 0.15) is 0 Å². The van der Waals surface area contributed by atoms with Crippen LogP contribution in [0.1, 0.15) is 36.9 Å². The number of amides is 2. The highest BCUT2D eigenvalue weighted by Gasteiger charge is 2.16. The summed E-state index contributed by atoms with van der Waals surface area (Å²) in [6.45, 7) is 6.03. The van der Waals surface area contributed by atoms with Crippen LogP contribution in [0.15, 0.2) is 24.3 Å². The first-order valence-corrected chi connectivity index (χ1v) is 7.38. The van der Waals surface area contributed by atoms with Crippen LogP contribution in [0.25, 0.3) is 10.1 Å². The summed E-state index contributed by atoms with van der Waals surface area (Å²) in [6, 6.07) is 7.16. The van der Waals surface area contributed by atoms with Crippen molar-refractivity contribution in [1.29, 1.82) is 0 Å². The molecule has 1 heterocycles. The monoisotopic (exact) mass is 306 g/mol. The molecular formula is C15H18N2O3S. The van der Waals surface area contributed by atoms with E-state index in [1.807, 2.05) is 32.9 Å². The molecule has 0 aliphatic heterocycles. The molecule has 3 N–H and O–H groups in total. The van der Waals surface area contributed by atoms with E-state index in [0.717, 1.165) is 10.1 Å². The van der Waals surface area contributed by atoms with Gasteiger partial charge in [-0.3, -0.25) is 14.8 Å². The number of hydrogen-bond acceptors (Lipinski definition) is 4. The maximum atomic E-state index is 11.9. The Morgan fingerprint density at radius 1 is 1.24 bits per heavy atom.